The summed E-state index contributed by atoms with van der Waals surface area (Å²) in [6.45, 7) is 0.601. The predicted molar refractivity (Wildman–Crippen MR) is 84.2 cm³/mol. The number of fused-ring (bicyclic) bond motifs is 1. The van der Waals surface area contributed by atoms with Crippen molar-refractivity contribution >= 4 is 28.2 Å². The molecule has 0 aliphatic heterocycles. The maximum atomic E-state index is 8.87. The lowest BCUT2D eigenvalue weighted by Gasteiger charge is -2.06. The Hall–Kier alpha value is -2.51. The Balaban J connectivity index is 1.84. The first-order valence-corrected chi connectivity index (χ1v) is 6.91. The Kier molecular flexibility index (Phi) is 3.51. The van der Waals surface area contributed by atoms with Gasteiger partial charge in [-0.3, -0.25) is 4.68 Å². The first-order chi connectivity index (χ1) is 10.2. The van der Waals surface area contributed by atoms with Gasteiger partial charge in [0.25, 0.3) is 0 Å². The number of halogens is 1. The molecule has 1 N–H and O–H groups in total. The van der Waals surface area contributed by atoms with Crippen molar-refractivity contribution in [2.45, 2.75) is 6.54 Å². The number of hydrogen-bond acceptors (Lipinski definition) is 3. The maximum absolute atomic E-state index is 8.87. The van der Waals surface area contributed by atoms with Gasteiger partial charge in [0.05, 0.1) is 28.3 Å². The molecule has 0 radical (unpaired) electrons. The van der Waals surface area contributed by atoms with E-state index in [1.165, 1.54) is 0 Å². The molecule has 21 heavy (non-hydrogen) atoms. The quantitative estimate of drug-likeness (QED) is 0.801. The zero-order valence-corrected chi connectivity index (χ0v) is 12.2. The lowest BCUT2D eigenvalue weighted by atomic mass is 10.2. The number of aryl methyl sites for hydroxylation is 1. The number of rotatable bonds is 3. The molecule has 0 bridgehead atoms. The van der Waals surface area contributed by atoms with E-state index in [0.29, 0.717) is 17.1 Å². The maximum Gasteiger partial charge on any atom is 0.101 e. The second kappa shape index (κ2) is 5.47. The van der Waals surface area contributed by atoms with E-state index in [2.05, 4.69) is 16.5 Å². The van der Waals surface area contributed by atoms with Crippen LogP contribution < -0.4 is 5.32 Å². The summed E-state index contributed by atoms with van der Waals surface area (Å²) in [6.07, 6.45) is 0. The van der Waals surface area contributed by atoms with Crippen LogP contribution in [-0.2, 0) is 13.6 Å². The number of nitriles is 1. The van der Waals surface area contributed by atoms with Crippen molar-refractivity contribution < 1.29 is 0 Å². The predicted octanol–water partition coefficient (Wildman–Crippen LogP) is 3.71. The molecule has 4 nitrogen and oxygen atoms in total. The van der Waals surface area contributed by atoms with Crippen molar-refractivity contribution in [3.8, 4) is 6.07 Å². The lowest BCUT2D eigenvalue weighted by molar-refractivity contribution is 0.771. The second-order valence-electron chi connectivity index (χ2n) is 4.75. The summed E-state index contributed by atoms with van der Waals surface area (Å²) in [6, 6.07) is 15.5. The van der Waals surface area contributed by atoms with Crippen molar-refractivity contribution in [2.75, 3.05) is 5.32 Å². The first-order valence-electron chi connectivity index (χ1n) is 6.53. The van der Waals surface area contributed by atoms with E-state index >= 15 is 0 Å². The summed E-state index contributed by atoms with van der Waals surface area (Å²) in [5, 5.41) is 18.3. The summed E-state index contributed by atoms with van der Waals surface area (Å²) in [5.74, 6) is 0. The third kappa shape index (κ3) is 2.56. The average Bonchev–Trinajstić information content (AvgIpc) is 2.82. The largest absolute Gasteiger partial charge is 0.379 e. The van der Waals surface area contributed by atoms with Gasteiger partial charge in [0.15, 0.2) is 0 Å². The minimum atomic E-state index is 0.452. The zero-order valence-electron chi connectivity index (χ0n) is 11.5. The molecule has 0 aliphatic carbocycles. The highest BCUT2D eigenvalue weighted by Gasteiger charge is 2.08. The van der Waals surface area contributed by atoms with E-state index in [1.54, 1.807) is 12.1 Å². The lowest BCUT2D eigenvalue weighted by Crippen LogP contribution is -2.01. The second-order valence-corrected chi connectivity index (χ2v) is 5.15. The Morgan fingerprint density at radius 3 is 2.86 bits per heavy atom. The van der Waals surface area contributed by atoms with E-state index in [9.17, 15) is 0 Å². The number of nitrogens with one attached hydrogen (secondary N) is 1. The van der Waals surface area contributed by atoms with Crippen LogP contribution in [-0.4, -0.2) is 9.78 Å². The van der Waals surface area contributed by atoms with E-state index in [-0.39, 0.29) is 0 Å². The van der Waals surface area contributed by atoms with Crippen LogP contribution in [0.3, 0.4) is 0 Å². The van der Waals surface area contributed by atoms with Crippen molar-refractivity contribution in [1.29, 1.82) is 5.26 Å². The molecule has 0 amide bonds. The van der Waals surface area contributed by atoms with Gasteiger partial charge in [-0.25, -0.2) is 0 Å². The Labute approximate surface area is 127 Å². The van der Waals surface area contributed by atoms with Gasteiger partial charge < -0.3 is 5.32 Å². The highest BCUT2D eigenvalue weighted by molar-refractivity contribution is 6.32. The summed E-state index contributed by atoms with van der Waals surface area (Å²) >= 11 is 6.03. The van der Waals surface area contributed by atoms with E-state index < -0.39 is 0 Å². The number of benzene rings is 2. The minimum Gasteiger partial charge on any atom is -0.379 e. The number of aromatic nitrogens is 2. The fourth-order valence-electron chi connectivity index (χ4n) is 2.32. The molecule has 0 aliphatic rings. The van der Waals surface area contributed by atoms with E-state index in [4.69, 9.17) is 16.9 Å². The average molecular weight is 297 g/mol. The molecule has 5 heteroatoms. The molecule has 2 aromatic carbocycles. The highest BCUT2D eigenvalue weighted by atomic mass is 35.5. The van der Waals surface area contributed by atoms with Crippen LogP contribution in [0.1, 0.15) is 11.3 Å². The van der Waals surface area contributed by atoms with Crippen LogP contribution in [0, 0.1) is 11.3 Å². The van der Waals surface area contributed by atoms with Gasteiger partial charge in [-0.15, -0.1) is 0 Å². The molecular formula is C16H13ClN4. The number of nitrogens with zero attached hydrogens (tertiary/aromatic N) is 3. The molecular weight excluding hydrogens is 284 g/mol. The Morgan fingerprint density at radius 1 is 1.29 bits per heavy atom. The molecule has 3 rings (SSSR count). The van der Waals surface area contributed by atoms with Crippen LogP contribution in [0.2, 0.25) is 5.02 Å². The van der Waals surface area contributed by atoms with Crippen LogP contribution in [0.25, 0.3) is 10.9 Å². The summed E-state index contributed by atoms with van der Waals surface area (Å²) in [7, 11) is 1.93. The van der Waals surface area contributed by atoms with Crippen LogP contribution >= 0.6 is 11.6 Å². The van der Waals surface area contributed by atoms with Crippen molar-refractivity contribution in [3.63, 3.8) is 0 Å². The minimum absolute atomic E-state index is 0.452. The fourth-order valence-corrected chi connectivity index (χ4v) is 2.54. The van der Waals surface area contributed by atoms with Crippen LogP contribution in [0.15, 0.2) is 42.5 Å². The van der Waals surface area contributed by atoms with Gasteiger partial charge in [0.1, 0.15) is 6.07 Å². The summed E-state index contributed by atoms with van der Waals surface area (Å²) in [4.78, 5) is 0. The van der Waals surface area contributed by atoms with Gasteiger partial charge in [0, 0.05) is 18.1 Å². The number of anilines is 1. The molecule has 0 spiro atoms. The molecule has 0 saturated heterocycles. The smallest absolute Gasteiger partial charge is 0.101 e. The van der Waals surface area contributed by atoms with Gasteiger partial charge >= 0.3 is 0 Å². The molecule has 0 unspecified atom stereocenters. The van der Waals surface area contributed by atoms with Crippen molar-refractivity contribution in [1.82, 2.24) is 9.78 Å². The van der Waals surface area contributed by atoms with Gasteiger partial charge in [0.2, 0.25) is 0 Å². The zero-order chi connectivity index (χ0) is 14.8. The first kappa shape index (κ1) is 13.5. The molecule has 3 aromatic rings. The summed E-state index contributed by atoms with van der Waals surface area (Å²) in [5.41, 5.74) is 3.43. The fraction of sp³-hybridized carbons (Fsp3) is 0.125. The molecule has 1 heterocycles. The highest BCUT2D eigenvalue weighted by Crippen LogP contribution is 2.22. The number of hydrogen-bond donors (Lipinski definition) is 1. The van der Waals surface area contributed by atoms with E-state index in [0.717, 1.165) is 22.3 Å². The van der Waals surface area contributed by atoms with Crippen molar-refractivity contribution in [3.05, 3.63) is 58.7 Å². The van der Waals surface area contributed by atoms with Gasteiger partial charge in [-0.05, 0) is 24.3 Å². The Bertz CT molecular complexity index is 845. The molecule has 104 valence electrons. The molecule has 0 fully saturated rings. The monoisotopic (exact) mass is 296 g/mol. The molecule has 0 atom stereocenters. The van der Waals surface area contributed by atoms with Crippen LogP contribution in [0.5, 0.6) is 0 Å². The Morgan fingerprint density at radius 2 is 2.10 bits per heavy atom. The standard InChI is InChI=1S/C16H13ClN4/c1-21-16-5-3-2-4-13(16)15(20-21)10-19-12-7-6-11(9-18)14(17)8-12/h2-8,19H,10H2,1H3. The molecule has 0 saturated carbocycles. The van der Waals surface area contributed by atoms with Crippen molar-refractivity contribution in [2.24, 2.45) is 7.05 Å². The van der Waals surface area contributed by atoms with Gasteiger partial charge in [-0.2, -0.15) is 10.4 Å². The number of para-hydroxylation sites is 1. The third-order valence-electron chi connectivity index (χ3n) is 3.38. The van der Waals surface area contributed by atoms with E-state index in [1.807, 2.05) is 42.1 Å². The normalized spacial score (nSPS) is 10.5. The SMILES string of the molecule is Cn1nc(CNc2ccc(C#N)c(Cl)c2)c2ccccc21. The summed E-state index contributed by atoms with van der Waals surface area (Å²) < 4.78 is 1.87. The topological polar surface area (TPSA) is 53.6 Å². The van der Waals surface area contributed by atoms with Crippen LogP contribution in [0.4, 0.5) is 5.69 Å². The van der Waals surface area contributed by atoms with Gasteiger partial charge in [-0.1, -0.05) is 29.8 Å². The molecule has 1 aromatic heterocycles. The third-order valence-corrected chi connectivity index (χ3v) is 3.70.